The summed E-state index contributed by atoms with van der Waals surface area (Å²) in [5.41, 5.74) is 3.13. The Hall–Kier alpha value is -2.60. The largest absolute Gasteiger partial charge is 0.296 e. The van der Waals surface area contributed by atoms with Crippen LogP contribution in [0.5, 0.6) is 0 Å². The molecule has 1 aromatic carbocycles. The van der Waals surface area contributed by atoms with Crippen LogP contribution in [0.3, 0.4) is 0 Å². The van der Waals surface area contributed by atoms with Gasteiger partial charge in [-0.2, -0.15) is 0 Å². The minimum atomic E-state index is -0.203. The summed E-state index contributed by atoms with van der Waals surface area (Å²) in [5.74, 6) is -0.203. The van der Waals surface area contributed by atoms with Crippen molar-refractivity contribution in [3.8, 4) is 11.3 Å². The second kappa shape index (κ2) is 8.67. The molecule has 0 aliphatic carbocycles. The van der Waals surface area contributed by atoms with Crippen LogP contribution in [0.2, 0.25) is 0 Å². The Labute approximate surface area is 157 Å². The van der Waals surface area contributed by atoms with Gasteiger partial charge >= 0.3 is 0 Å². The molecule has 0 unspecified atom stereocenters. The molecule has 0 atom stereocenters. The summed E-state index contributed by atoms with van der Waals surface area (Å²) < 4.78 is 0. The van der Waals surface area contributed by atoms with E-state index in [9.17, 15) is 4.79 Å². The van der Waals surface area contributed by atoms with E-state index < -0.39 is 0 Å². The summed E-state index contributed by atoms with van der Waals surface area (Å²) in [6, 6.07) is 13.6. The minimum Gasteiger partial charge on any atom is -0.296 e. The lowest BCUT2D eigenvalue weighted by Crippen LogP contribution is -2.14. The van der Waals surface area contributed by atoms with Crippen molar-refractivity contribution >= 4 is 22.4 Å². The zero-order valence-corrected chi connectivity index (χ0v) is 15.8. The maximum absolute atomic E-state index is 12.5. The fourth-order valence-electron chi connectivity index (χ4n) is 2.67. The molecular weight excluding hydrogens is 344 g/mol. The summed E-state index contributed by atoms with van der Waals surface area (Å²) >= 11 is 1.44. The maximum atomic E-state index is 12.5. The van der Waals surface area contributed by atoms with Crippen molar-refractivity contribution in [1.82, 2.24) is 15.2 Å². The quantitative estimate of drug-likeness (QED) is 0.604. The highest BCUT2D eigenvalue weighted by atomic mass is 32.1. The molecule has 1 N–H and O–H groups in total. The van der Waals surface area contributed by atoms with Crippen LogP contribution in [-0.4, -0.2) is 21.1 Å². The predicted molar refractivity (Wildman–Crippen MR) is 106 cm³/mol. The van der Waals surface area contributed by atoms with Crippen molar-refractivity contribution in [3.63, 3.8) is 0 Å². The van der Waals surface area contributed by atoms with Crippen molar-refractivity contribution in [3.05, 3.63) is 58.7 Å². The lowest BCUT2D eigenvalue weighted by atomic mass is 10.1. The molecular formula is C20H22N4OS. The Kier molecular flexibility index (Phi) is 6.07. The number of amides is 1. The number of hydrogen-bond donors (Lipinski definition) is 1. The third kappa shape index (κ3) is 4.52. The van der Waals surface area contributed by atoms with Gasteiger partial charge in [-0.15, -0.1) is 10.2 Å². The van der Waals surface area contributed by atoms with E-state index in [0.717, 1.165) is 29.1 Å². The number of hydrogen-bond acceptors (Lipinski definition) is 5. The van der Waals surface area contributed by atoms with Gasteiger partial charge in [-0.25, -0.2) is 0 Å². The molecule has 134 valence electrons. The molecule has 3 aromatic rings. The molecule has 3 rings (SSSR count). The first-order valence-corrected chi connectivity index (χ1v) is 9.66. The smallest absolute Gasteiger partial charge is 0.259 e. The van der Waals surface area contributed by atoms with Gasteiger partial charge in [0.05, 0.1) is 17.0 Å². The molecule has 6 heteroatoms. The monoisotopic (exact) mass is 366 g/mol. The van der Waals surface area contributed by atoms with Crippen molar-refractivity contribution in [2.45, 2.75) is 39.5 Å². The van der Waals surface area contributed by atoms with Crippen molar-refractivity contribution in [2.24, 2.45) is 0 Å². The first kappa shape index (κ1) is 18.2. The first-order chi connectivity index (χ1) is 12.7. The average molecular weight is 366 g/mol. The van der Waals surface area contributed by atoms with Crippen LogP contribution in [0.4, 0.5) is 5.13 Å². The highest BCUT2D eigenvalue weighted by Gasteiger charge is 2.14. The fraction of sp³-hybridized carbons (Fsp3) is 0.300. The second-order valence-corrected chi connectivity index (χ2v) is 7.17. The molecule has 2 heterocycles. The van der Waals surface area contributed by atoms with Crippen molar-refractivity contribution in [1.29, 1.82) is 0 Å². The third-order valence-corrected chi connectivity index (χ3v) is 4.98. The number of carbonyl (C=O) groups is 1. The SMILES string of the molecule is CCCCCc1nnc(NC(=O)c2ccc(-c3ccccc3)nc2C)s1. The number of unbranched alkanes of at least 4 members (excludes halogenated alkanes) is 2. The summed E-state index contributed by atoms with van der Waals surface area (Å²) in [5, 5.41) is 12.6. The normalized spacial score (nSPS) is 10.7. The predicted octanol–water partition coefficient (Wildman–Crippen LogP) is 4.89. The van der Waals surface area contributed by atoms with E-state index in [0.29, 0.717) is 16.4 Å². The first-order valence-electron chi connectivity index (χ1n) is 8.84. The molecule has 0 spiro atoms. The van der Waals surface area contributed by atoms with E-state index in [1.54, 1.807) is 0 Å². The lowest BCUT2D eigenvalue weighted by Gasteiger charge is -2.07. The molecule has 0 radical (unpaired) electrons. The zero-order valence-electron chi connectivity index (χ0n) is 15.0. The van der Waals surface area contributed by atoms with Crippen LogP contribution in [-0.2, 0) is 6.42 Å². The molecule has 0 aliphatic rings. The summed E-state index contributed by atoms with van der Waals surface area (Å²) in [6.07, 6.45) is 4.37. The Morgan fingerprint density at radius 3 is 2.62 bits per heavy atom. The van der Waals surface area contributed by atoms with Gasteiger partial charge in [0.15, 0.2) is 0 Å². The van der Waals surface area contributed by atoms with Gasteiger partial charge < -0.3 is 0 Å². The molecule has 26 heavy (non-hydrogen) atoms. The van der Waals surface area contributed by atoms with E-state index in [1.165, 1.54) is 24.2 Å². The van der Waals surface area contributed by atoms with Crippen LogP contribution in [0.25, 0.3) is 11.3 Å². The number of aromatic nitrogens is 3. The van der Waals surface area contributed by atoms with Gasteiger partial charge in [-0.05, 0) is 25.5 Å². The number of anilines is 1. The number of nitrogens with one attached hydrogen (secondary N) is 1. The molecule has 0 aliphatic heterocycles. The number of aryl methyl sites for hydroxylation is 2. The van der Waals surface area contributed by atoms with Gasteiger partial charge in [0.2, 0.25) is 5.13 Å². The van der Waals surface area contributed by atoms with E-state index in [-0.39, 0.29) is 5.91 Å². The van der Waals surface area contributed by atoms with E-state index in [2.05, 4.69) is 27.4 Å². The Morgan fingerprint density at radius 1 is 1.08 bits per heavy atom. The summed E-state index contributed by atoms with van der Waals surface area (Å²) in [4.78, 5) is 17.1. The highest BCUT2D eigenvalue weighted by molar-refractivity contribution is 7.15. The van der Waals surface area contributed by atoms with Gasteiger partial charge in [0.25, 0.3) is 5.91 Å². The molecule has 0 fully saturated rings. The van der Waals surface area contributed by atoms with Crippen LogP contribution in [0.1, 0.15) is 47.2 Å². The summed E-state index contributed by atoms with van der Waals surface area (Å²) in [7, 11) is 0. The Balaban J connectivity index is 1.68. The number of carbonyl (C=O) groups excluding carboxylic acids is 1. The number of benzene rings is 1. The van der Waals surface area contributed by atoms with Crippen LogP contribution in [0.15, 0.2) is 42.5 Å². The fourth-order valence-corrected chi connectivity index (χ4v) is 3.44. The van der Waals surface area contributed by atoms with Crippen LogP contribution < -0.4 is 5.32 Å². The molecule has 0 saturated heterocycles. The van der Waals surface area contributed by atoms with Crippen molar-refractivity contribution in [2.75, 3.05) is 5.32 Å². The lowest BCUT2D eigenvalue weighted by molar-refractivity contribution is 0.102. The van der Waals surface area contributed by atoms with Gasteiger partial charge in [0, 0.05) is 12.0 Å². The van der Waals surface area contributed by atoms with Crippen LogP contribution in [0, 0.1) is 6.92 Å². The topological polar surface area (TPSA) is 67.8 Å². The molecule has 0 saturated carbocycles. The third-order valence-electron chi connectivity index (χ3n) is 4.08. The zero-order chi connectivity index (χ0) is 18.4. The highest BCUT2D eigenvalue weighted by Crippen LogP contribution is 2.21. The minimum absolute atomic E-state index is 0.203. The van der Waals surface area contributed by atoms with E-state index in [4.69, 9.17) is 0 Å². The van der Waals surface area contributed by atoms with Gasteiger partial charge in [-0.3, -0.25) is 15.1 Å². The molecule has 1 amide bonds. The van der Waals surface area contributed by atoms with Crippen LogP contribution >= 0.6 is 11.3 Å². The molecule has 2 aromatic heterocycles. The number of pyridine rings is 1. The van der Waals surface area contributed by atoms with E-state index in [1.807, 2.05) is 49.4 Å². The van der Waals surface area contributed by atoms with Gasteiger partial charge in [0.1, 0.15) is 5.01 Å². The molecule has 5 nitrogen and oxygen atoms in total. The van der Waals surface area contributed by atoms with Gasteiger partial charge in [-0.1, -0.05) is 61.4 Å². The maximum Gasteiger partial charge on any atom is 0.259 e. The number of nitrogens with zero attached hydrogens (tertiary/aromatic N) is 3. The second-order valence-electron chi connectivity index (χ2n) is 6.11. The summed E-state index contributed by atoms with van der Waals surface area (Å²) in [6.45, 7) is 4.02. The van der Waals surface area contributed by atoms with Crippen molar-refractivity contribution < 1.29 is 4.79 Å². The number of rotatable bonds is 7. The average Bonchev–Trinajstić information content (AvgIpc) is 3.09. The Morgan fingerprint density at radius 2 is 1.88 bits per heavy atom. The standard InChI is InChI=1S/C20H22N4OS/c1-3-4-6-11-18-23-24-20(26-18)22-19(25)16-12-13-17(21-14(16)2)15-9-7-5-8-10-15/h5,7-10,12-13H,3-4,6,11H2,1-2H3,(H,22,24,25). The Bertz CT molecular complexity index is 877. The molecule has 0 bridgehead atoms. The van der Waals surface area contributed by atoms with E-state index >= 15 is 0 Å².